The predicted molar refractivity (Wildman–Crippen MR) is 142 cm³/mol. The van der Waals surface area contributed by atoms with E-state index in [0.29, 0.717) is 42.9 Å². The fourth-order valence-corrected chi connectivity index (χ4v) is 4.95. The van der Waals surface area contributed by atoms with Crippen molar-refractivity contribution in [2.24, 2.45) is 5.73 Å². The van der Waals surface area contributed by atoms with Crippen LogP contribution < -0.4 is 16.4 Å². The summed E-state index contributed by atoms with van der Waals surface area (Å²) in [6.45, 7) is 0.319. The van der Waals surface area contributed by atoms with Crippen LogP contribution in [-0.4, -0.2) is 93.5 Å². The standard InChI is InChI=1S/C24H36N4O6S2/c1-35-12-9-17(25)21(30)27-19(14-15-5-7-16(29)8-6-15)23(32)28-11-3-4-20(28)22(31)26-18(24(33)34)10-13-36-2/h5-8,17-20,29H,3-4,9-14,25H2,1-2H3,(H,26,31)(H,27,30)(H,33,34). The highest BCUT2D eigenvalue weighted by Crippen LogP contribution is 2.21. The van der Waals surface area contributed by atoms with E-state index < -0.39 is 47.9 Å². The number of benzene rings is 1. The fraction of sp³-hybridized carbons (Fsp3) is 0.583. The lowest BCUT2D eigenvalue weighted by atomic mass is 10.0. The lowest BCUT2D eigenvalue weighted by molar-refractivity contribution is -0.145. The van der Waals surface area contributed by atoms with E-state index in [-0.39, 0.29) is 18.6 Å². The first-order chi connectivity index (χ1) is 17.2. The topological polar surface area (TPSA) is 162 Å². The van der Waals surface area contributed by atoms with Crippen molar-refractivity contribution in [1.29, 1.82) is 0 Å². The van der Waals surface area contributed by atoms with Crippen LogP contribution in [0, 0.1) is 0 Å². The zero-order chi connectivity index (χ0) is 26.7. The SMILES string of the molecule is CSCCC(N)C(=O)NC(Cc1ccc(O)cc1)C(=O)N1CCCC1C(=O)NC(CCSC)C(=O)O. The van der Waals surface area contributed by atoms with Gasteiger partial charge in [-0.2, -0.15) is 23.5 Å². The van der Waals surface area contributed by atoms with Gasteiger partial charge in [0.1, 0.15) is 23.9 Å². The Morgan fingerprint density at radius 3 is 2.31 bits per heavy atom. The molecule has 6 N–H and O–H groups in total. The van der Waals surface area contributed by atoms with Crippen molar-refractivity contribution >= 4 is 47.2 Å². The first-order valence-electron chi connectivity index (χ1n) is 11.8. The van der Waals surface area contributed by atoms with E-state index in [0.717, 1.165) is 0 Å². The van der Waals surface area contributed by atoms with Crippen LogP contribution in [0.5, 0.6) is 5.75 Å². The Morgan fingerprint density at radius 2 is 1.69 bits per heavy atom. The number of nitrogens with two attached hydrogens (primary N) is 1. The van der Waals surface area contributed by atoms with Crippen molar-refractivity contribution < 1.29 is 29.4 Å². The molecule has 2 rings (SSSR count). The van der Waals surface area contributed by atoms with Gasteiger partial charge in [0.15, 0.2) is 0 Å². The second kappa shape index (κ2) is 15.0. The third-order valence-corrected chi connectivity index (χ3v) is 7.31. The summed E-state index contributed by atoms with van der Waals surface area (Å²) in [6.07, 6.45) is 5.63. The molecule has 1 aliphatic rings. The molecule has 1 fully saturated rings. The molecule has 36 heavy (non-hydrogen) atoms. The maximum Gasteiger partial charge on any atom is 0.326 e. The number of carbonyl (C=O) groups is 4. The summed E-state index contributed by atoms with van der Waals surface area (Å²) in [4.78, 5) is 52.4. The van der Waals surface area contributed by atoms with Crippen molar-refractivity contribution in [2.45, 2.75) is 56.3 Å². The number of carbonyl (C=O) groups excluding carboxylic acids is 3. The number of amides is 3. The van der Waals surface area contributed by atoms with Gasteiger partial charge < -0.3 is 31.5 Å². The zero-order valence-corrected chi connectivity index (χ0v) is 22.3. The van der Waals surface area contributed by atoms with Crippen LogP contribution in [-0.2, 0) is 25.6 Å². The van der Waals surface area contributed by atoms with E-state index in [4.69, 9.17) is 5.73 Å². The second-order valence-electron chi connectivity index (χ2n) is 8.69. The van der Waals surface area contributed by atoms with Crippen molar-refractivity contribution in [2.75, 3.05) is 30.6 Å². The van der Waals surface area contributed by atoms with Gasteiger partial charge in [-0.3, -0.25) is 14.4 Å². The average molecular weight is 541 g/mol. The number of phenols is 1. The van der Waals surface area contributed by atoms with Gasteiger partial charge in [-0.05, 0) is 67.4 Å². The van der Waals surface area contributed by atoms with Gasteiger partial charge in [0.2, 0.25) is 17.7 Å². The molecule has 1 aromatic carbocycles. The predicted octanol–water partition coefficient (Wildman–Crippen LogP) is 0.813. The van der Waals surface area contributed by atoms with Gasteiger partial charge in [-0.25, -0.2) is 4.79 Å². The number of rotatable bonds is 14. The largest absolute Gasteiger partial charge is 0.508 e. The van der Waals surface area contributed by atoms with E-state index in [2.05, 4.69) is 10.6 Å². The molecule has 1 aromatic rings. The van der Waals surface area contributed by atoms with Gasteiger partial charge in [0.25, 0.3) is 0 Å². The van der Waals surface area contributed by atoms with Crippen LogP contribution in [0.3, 0.4) is 0 Å². The van der Waals surface area contributed by atoms with Crippen LogP contribution in [0.1, 0.15) is 31.2 Å². The highest BCUT2D eigenvalue weighted by molar-refractivity contribution is 7.98. The lowest BCUT2D eigenvalue weighted by Crippen LogP contribution is -2.57. The highest BCUT2D eigenvalue weighted by Gasteiger charge is 2.39. The van der Waals surface area contributed by atoms with Crippen molar-refractivity contribution in [1.82, 2.24) is 15.5 Å². The summed E-state index contributed by atoms with van der Waals surface area (Å²) in [7, 11) is 0. The summed E-state index contributed by atoms with van der Waals surface area (Å²) >= 11 is 3.05. The molecule has 0 spiro atoms. The quantitative estimate of drug-likeness (QED) is 0.230. The summed E-state index contributed by atoms with van der Waals surface area (Å²) in [5.41, 5.74) is 6.73. The third kappa shape index (κ3) is 8.90. The molecule has 0 radical (unpaired) electrons. The molecule has 1 aliphatic heterocycles. The van der Waals surface area contributed by atoms with Crippen molar-refractivity contribution in [3.05, 3.63) is 29.8 Å². The molecule has 12 heteroatoms. The summed E-state index contributed by atoms with van der Waals surface area (Å²) in [5.74, 6) is -1.17. The third-order valence-electron chi connectivity index (χ3n) is 6.02. The van der Waals surface area contributed by atoms with Gasteiger partial charge in [-0.15, -0.1) is 0 Å². The molecule has 0 bridgehead atoms. The normalized spacial score (nSPS) is 17.8. The maximum atomic E-state index is 13.6. The number of aromatic hydroxyl groups is 1. The molecule has 0 aromatic heterocycles. The molecular weight excluding hydrogens is 504 g/mol. The number of phenolic OH excluding ortho intramolecular Hbond substituents is 1. The fourth-order valence-electron chi connectivity index (χ4n) is 3.99. The van der Waals surface area contributed by atoms with Gasteiger partial charge in [0.05, 0.1) is 6.04 Å². The molecule has 1 saturated heterocycles. The Kier molecular flexibility index (Phi) is 12.4. The van der Waals surface area contributed by atoms with E-state index >= 15 is 0 Å². The van der Waals surface area contributed by atoms with Crippen LogP contribution in [0.25, 0.3) is 0 Å². The zero-order valence-electron chi connectivity index (χ0n) is 20.6. The number of likely N-dealkylation sites (tertiary alicyclic amines) is 1. The summed E-state index contributed by atoms with van der Waals surface area (Å²) in [6, 6.07) is 2.70. The first kappa shape index (κ1) is 29.8. The number of hydrogen-bond donors (Lipinski definition) is 5. The Morgan fingerprint density at radius 1 is 1.06 bits per heavy atom. The highest BCUT2D eigenvalue weighted by atomic mass is 32.2. The van der Waals surface area contributed by atoms with E-state index in [9.17, 15) is 29.4 Å². The Labute approximate surface area is 220 Å². The molecule has 0 saturated carbocycles. The summed E-state index contributed by atoms with van der Waals surface area (Å²) in [5, 5.41) is 24.4. The number of carboxylic acid groups (broad SMARTS) is 1. The van der Waals surface area contributed by atoms with Gasteiger partial charge in [0, 0.05) is 13.0 Å². The monoisotopic (exact) mass is 540 g/mol. The van der Waals surface area contributed by atoms with Crippen molar-refractivity contribution in [3.63, 3.8) is 0 Å². The van der Waals surface area contributed by atoms with Crippen molar-refractivity contribution in [3.8, 4) is 5.75 Å². The molecule has 3 amide bonds. The van der Waals surface area contributed by atoms with Crippen LogP contribution in [0.2, 0.25) is 0 Å². The van der Waals surface area contributed by atoms with Crippen LogP contribution in [0.4, 0.5) is 0 Å². The number of hydrogen-bond acceptors (Lipinski definition) is 8. The number of nitrogens with zero attached hydrogens (tertiary/aromatic N) is 1. The number of aliphatic carboxylic acids is 1. The van der Waals surface area contributed by atoms with E-state index in [1.807, 2.05) is 12.5 Å². The minimum Gasteiger partial charge on any atom is -0.508 e. The maximum absolute atomic E-state index is 13.6. The Balaban J connectivity index is 2.19. The molecule has 0 aliphatic carbocycles. The van der Waals surface area contributed by atoms with Gasteiger partial charge in [-0.1, -0.05) is 12.1 Å². The number of nitrogens with one attached hydrogen (secondary N) is 2. The van der Waals surface area contributed by atoms with Crippen LogP contribution in [0.15, 0.2) is 24.3 Å². The molecule has 4 unspecified atom stereocenters. The molecule has 1 heterocycles. The number of thioether (sulfide) groups is 2. The molecule has 10 nitrogen and oxygen atoms in total. The Bertz CT molecular complexity index is 901. The van der Waals surface area contributed by atoms with E-state index in [1.165, 1.54) is 28.8 Å². The minimum atomic E-state index is -1.12. The number of carboxylic acids is 1. The molecule has 200 valence electrons. The molecular formula is C24H36N4O6S2. The smallest absolute Gasteiger partial charge is 0.326 e. The summed E-state index contributed by atoms with van der Waals surface area (Å²) < 4.78 is 0. The lowest BCUT2D eigenvalue weighted by Gasteiger charge is -2.30. The first-order valence-corrected chi connectivity index (χ1v) is 14.6. The van der Waals surface area contributed by atoms with E-state index in [1.54, 1.807) is 23.9 Å². The Hall–Kier alpha value is -2.44. The van der Waals surface area contributed by atoms with Crippen LogP contribution >= 0.6 is 23.5 Å². The average Bonchev–Trinajstić information content (AvgIpc) is 3.35. The minimum absolute atomic E-state index is 0.0792. The second-order valence-corrected chi connectivity index (χ2v) is 10.7. The van der Waals surface area contributed by atoms with Gasteiger partial charge >= 0.3 is 5.97 Å². The molecule has 4 atom stereocenters.